The van der Waals surface area contributed by atoms with Crippen LogP contribution in [0.3, 0.4) is 0 Å². The second-order valence-electron chi connectivity index (χ2n) is 3.79. The van der Waals surface area contributed by atoms with Gasteiger partial charge in [0.2, 0.25) is 5.82 Å². The molecule has 1 aromatic heterocycles. The van der Waals surface area contributed by atoms with Crippen LogP contribution in [0.1, 0.15) is 36.7 Å². The van der Waals surface area contributed by atoms with Crippen LogP contribution in [0.5, 0.6) is 0 Å². The number of carbonyl (C=O) groups excluding carboxylic acids is 1. The smallest absolute Gasteiger partial charge is 0.326 e. The summed E-state index contributed by atoms with van der Waals surface area (Å²) in [5, 5.41) is 15.2. The summed E-state index contributed by atoms with van der Waals surface area (Å²) in [5.41, 5.74) is 0. The number of nitrogens with zero attached hydrogens (tertiary/aromatic N) is 3. The summed E-state index contributed by atoms with van der Waals surface area (Å²) in [6.07, 6.45) is 1.60. The van der Waals surface area contributed by atoms with Crippen LogP contribution < -0.4 is 0 Å². The van der Waals surface area contributed by atoms with Crippen LogP contribution in [0.25, 0.3) is 0 Å². The molecule has 7 heteroatoms. The second kappa shape index (κ2) is 5.42. The molecule has 17 heavy (non-hydrogen) atoms. The molecule has 0 saturated carbocycles. The van der Waals surface area contributed by atoms with Gasteiger partial charge < -0.3 is 10.0 Å². The van der Waals surface area contributed by atoms with Gasteiger partial charge in [0.15, 0.2) is 0 Å². The van der Waals surface area contributed by atoms with E-state index in [1.807, 2.05) is 6.92 Å². The van der Waals surface area contributed by atoms with Crippen LogP contribution in [0.15, 0.2) is 0 Å². The van der Waals surface area contributed by atoms with E-state index in [1.54, 1.807) is 0 Å². The molecule has 0 bridgehead atoms. The molecule has 0 aliphatic carbocycles. The molecule has 0 fully saturated rings. The zero-order valence-electron chi connectivity index (χ0n) is 10.1. The maximum Gasteiger partial charge on any atom is 0.326 e. The molecular weight excluding hydrogens is 224 g/mol. The summed E-state index contributed by atoms with van der Waals surface area (Å²) in [6, 6.07) is -0.907. The summed E-state index contributed by atoms with van der Waals surface area (Å²) in [7, 11) is 1.41. The number of aromatic amines is 1. The Hall–Kier alpha value is -1.92. The van der Waals surface area contributed by atoms with E-state index in [4.69, 9.17) is 5.11 Å². The minimum Gasteiger partial charge on any atom is -0.480 e. The molecule has 0 spiro atoms. The van der Waals surface area contributed by atoms with Crippen molar-refractivity contribution in [2.75, 3.05) is 7.05 Å². The number of carbonyl (C=O) groups is 2. The molecule has 0 aliphatic heterocycles. The average Bonchev–Trinajstić information content (AvgIpc) is 2.75. The second-order valence-corrected chi connectivity index (χ2v) is 3.79. The van der Waals surface area contributed by atoms with Gasteiger partial charge in [-0.25, -0.2) is 9.78 Å². The number of aliphatic carboxylic acids is 1. The lowest BCUT2D eigenvalue weighted by molar-refractivity contribution is -0.141. The Morgan fingerprint density at radius 2 is 2.18 bits per heavy atom. The number of aryl methyl sites for hydroxylation is 1. The van der Waals surface area contributed by atoms with Crippen LogP contribution in [0.2, 0.25) is 0 Å². The number of rotatable bonds is 5. The maximum atomic E-state index is 11.8. The first-order valence-corrected chi connectivity index (χ1v) is 5.38. The molecule has 7 nitrogen and oxygen atoms in total. The summed E-state index contributed by atoms with van der Waals surface area (Å²) < 4.78 is 0. The van der Waals surface area contributed by atoms with Gasteiger partial charge in [-0.1, -0.05) is 6.92 Å². The van der Waals surface area contributed by atoms with Crippen molar-refractivity contribution in [1.29, 1.82) is 0 Å². The molecule has 1 amide bonds. The van der Waals surface area contributed by atoms with Gasteiger partial charge in [0.05, 0.1) is 0 Å². The van der Waals surface area contributed by atoms with E-state index in [0.29, 0.717) is 12.2 Å². The summed E-state index contributed by atoms with van der Waals surface area (Å²) >= 11 is 0. The van der Waals surface area contributed by atoms with E-state index < -0.39 is 17.9 Å². The first kappa shape index (κ1) is 13.1. The van der Waals surface area contributed by atoms with E-state index >= 15 is 0 Å². The van der Waals surface area contributed by atoms with Crippen molar-refractivity contribution in [3.8, 4) is 0 Å². The highest BCUT2D eigenvalue weighted by atomic mass is 16.4. The van der Waals surface area contributed by atoms with E-state index in [9.17, 15) is 9.59 Å². The summed E-state index contributed by atoms with van der Waals surface area (Å²) in [5.74, 6) is -0.931. The minimum absolute atomic E-state index is 0.00375. The molecule has 1 heterocycles. The zero-order chi connectivity index (χ0) is 13.0. The molecule has 1 rings (SSSR count). The number of H-pyrrole nitrogens is 1. The Kier molecular flexibility index (Phi) is 4.19. The van der Waals surface area contributed by atoms with Gasteiger partial charge in [-0.2, -0.15) is 0 Å². The third-order valence-electron chi connectivity index (χ3n) is 2.47. The number of nitrogens with one attached hydrogen (secondary N) is 1. The topological polar surface area (TPSA) is 99.2 Å². The quantitative estimate of drug-likeness (QED) is 0.771. The van der Waals surface area contributed by atoms with Crippen LogP contribution >= 0.6 is 0 Å². The van der Waals surface area contributed by atoms with Gasteiger partial charge in [-0.3, -0.25) is 9.89 Å². The molecule has 2 N–H and O–H groups in total. The summed E-state index contributed by atoms with van der Waals surface area (Å²) in [6.45, 7) is 3.42. The summed E-state index contributed by atoms with van der Waals surface area (Å²) in [4.78, 5) is 27.7. The van der Waals surface area contributed by atoms with Crippen LogP contribution in [-0.2, 0) is 11.2 Å². The number of hydrogen-bond donors (Lipinski definition) is 2. The lowest BCUT2D eigenvalue weighted by Gasteiger charge is -2.19. The van der Waals surface area contributed by atoms with Crippen molar-refractivity contribution < 1.29 is 14.7 Å². The number of carboxylic acids is 1. The molecule has 1 unspecified atom stereocenters. The van der Waals surface area contributed by atoms with Crippen molar-refractivity contribution in [2.24, 2.45) is 0 Å². The van der Waals surface area contributed by atoms with E-state index in [-0.39, 0.29) is 5.82 Å². The fraction of sp³-hybridized carbons (Fsp3) is 0.600. The van der Waals surface area contributed by atoms with Gasteiger partial charge in [0.1, 0.15) is 11.9 Å². The molecule has 94 valence electrons. The van der Waals surface area contributed by atoms with E-state index in [0.717, 1.165) is 11.3 Å². The Labute approximate surface area is 98.8 Å². The fourth-order valence-electron chi connectivity index (χ4n) is 1.24. The zero-order valence-corrected chi connectivity index (χ0v) is 10.1. The Morgan fingerprint density at radius 3 is 2.71 bits per heavy atom. The first-order chi connectivity index (χ1) is 7.97. The van der Waals surface area contributed by atoms with Gasteiger partial charge in [-0.05, 0) is 13.3 Å². The van der Waals surface area contributed by atoms with Gasteiger partial charge in [-0.15, -0.1) is 5.10 Å². The molecule has 0 aromatic carbocycles. The van der Waals surface area contributed by atoms with Gasteiger partial charge in [0.25, 0.3) is 5.91 Å². The Morgan fingerprint density at radius 1 is 1.53 bits per heavy atom. The normalized spacial score (nSPS) is 12.2. The average molecular weight is 240 g/mol. The van der Waals surface area contributed by atoms with Crippen LogP contribution in [-0.4, -0.2) is 50.2 Å². The third-order valence-corrected chi connectivity index (χ3v) is 2.47. The number of likely N-dealkylation sites (N-methyl/N-ethyl adjacent to an activating group) is 1. The van der Waals surface area contributed by atoms with Crippen molar-refractivity contribution in [2.45, 2.75) is 32.7 Å². The molecule has 0 aliphatic rings. The first-order valence-electron chi connectivity index (χ1n) is 5.38. The largest absolute Gasteiger partial charge is 0.480 e. The van der Waals surface area contributed by atoms with Gasteiger partial charge >= 0.3 is 5.97 Å². The lowest BCUT2D eigenvalue weighted by Crippen LogP contribution is -2.40. The number of amides is 1. The molecule has 0 saturated heterocycles. The number of hydrogen-bond acceptors (Lipinski definition) is 4. The lowest BCUT2D eigenvalue weighted by atomic mass is 10.3. The minimum atomic E-state index is -1.06. The number of carboxylic acid groups (broad SMARTS) is 1. The third kappa shape index (κ3) is 3.02. The van der Waals surface area contributed by atoms with Crippen LogP contribution in [0.4, 0.5) is 0 Å². The highest BCUT2D eigenvalue weighted by Crippen LogP contribution is 2.03. The van der Waals surface area contributed by atoms with Crippen molar-refractivity contribution >= 4 is 11.9 Å². The predicted octanol–water partition coefficient (Wildman–Crippen LogP) is 0.302. The molecule has 0 radical (unpaired) electrons. The van der Waals surface area contributed by atoms with Crippen LogP contribution in [0, 0.1) is 0 Å². The highest BCUT2D eigenvalue weighted by molar-refractivity contribution is 5.93. The van der Waals surface area contributed by atoms with E-state index in [1.165, 1.54) is 14.0 Å². The number of aromatic nitrogens is 3. The standard InChI is InChI=1S/C10H16N4O3/c1-4-5-7-11-8(13-12-7)9(15)14(3)6(2)10(16)17/h6H,4-5H2,1-3H3,(H,16,17)(H,11,12,13). The SMILES string of the molecule is CCCc1nc(C(=O)N(C)C(C)C(=O)O)n[nH]1. The Bertz CT molecular complexity index is 415. The monoisotopic (exact) mass is 240 g/mol. The van der Waals surface area contributed by atoms with Crippen molar-refractivity contribution in [3.05, 3.63) is 11.6 Å². The predicted molar refractivity (Wildman–Crippen MR) is 59.6 cm³/mol. The van der Waals surface area contributed by atoms with Crippen molar-refractivity contribution in [1.82, 2.24) is 20.1 Å². The highest BCUT2D eigenvalue weighted by Gasteiger charge is 2.25. The maximum absolute atomic E-state index is 11.8. The molecular formula is C10H16N4O3. The van der Waals surface area contributed by atoms with E-state index in [2.05, 4.69) is 15.2 Å². The van der Waals surface area contributed by atoms with Crippen molar-refractivity contribution in [3.63, 3.8) is 0 Å². The molecule has 1 aromatic rings. The van der Waals surface area contributed by atoms with Gasteiger partial charge in [0, 0.05) is 13.5 Å². The fourth-order valence-corrected chi connectivity index (χ4v) is 1.24. The Balaban J connectivity index is 2.77. The molecule has 1 atom stereocenters.